The second kappa shape index (κ2) is 9.46. The number of nitrogens with zero attached hydrogens (tertiary/aromatic N) is 2. The summed E-state index contributed by atoms with van der Waals surface area (Å²) in [6.45, 7) is 8.51. The smallest absolute Gasteiger partial charge is 0.156 e. The molecule has 0 aromatic rings. The summed E-state index contributed by atoms with van der Waals surface area (Å²) in [7, 11) is 0. The molecule has 3 N–H and O–H groups in total. The Balaban J connectivity index is 4.41. The van der Waals surface area contributed by atoms with E-state index in [2.05, 4.69) is 30.8 Å². The van der Waals surface area contributed by atoms with Crippen LogP contribution in [-0.2, 0) is 0 Å². The molecule has 0 aromatic carbocycles. The van der Waals surface area contributed by atoms with Crippen LogP contribution in [0.1, 0.15) is 52.9 Å². The van der Waals surface area contributed by atoms with Gasteiger partial charge >= 0.3 is 0 Å². The lowest BCUT2D eigenvalue weighted by atomic mass is 10.1. The summed E-state index contributed by atoms with van der Waals surface area (Å²) in [5, 5.41) is 11.9. The van der Waals surface area contributed by atoms with Gasteiger partial charge in [-0.1, -0.05) is 38.8 Å². The lowest BCUT2D eigenvalue weighted by Gasteiger charge is -2.29. The van der Waals surface area contributed by atoms with Crippen molar-refractivity contribution in [1.82, 2.24) is 4.90 Å². The van der Waals surface area contributed by atoms with Gasteiger partial charge in [-0.25, -0.2) is 0 Å². The third-order valence-corrected chi connectivity index (χ3v) is 2.88. The normalized spacial score (nSPS) is 14.4. The summed E-state index contributed by atoms with van der Waals surface area (Å²) in [6, 6.07) is 0.0862. The first-order chi connectivity index (χ1) is 7.71. The Labute approximate surface area is 99.5 Å². The Morgan fingerprint density at radius 2 is 1.69 bits per heavy atom. The molecule has 96 valence electrons. The quantitative estimate of drug-likeness (QED) is 0.276. The molecule has 0 aliphatic rings. The van der Waals surface area contributed by atoms with Gasteiger partial charge in [0, 0.05) is 0 Å². The molecule has 0 radical (unpaired) electrons. The largest absolute Gasteiger partial charge is 0.409 e. The van der Waals surface area contributed by atoms with Crippen molar-refractivity contribution in [2.75, 3.05) is 13.1 Å². The first-order valence-electron chi connectivity index (χ1n) is 6.42. The Morgan fingerprint density at radius 3 is 2.00 bits per heavy atom. The Morgan fingerprint density at radius 1 is 1.19 bits per heavy atom. The average molecular weight is 229 g/mol. The van der Waals surface area contributed by atoms with E-state index in [1.165, 1.54) is 25.7 Å². The Kier molecular flexibility index (Phi) is 9.00. The molecular formula is C12H27N3O. The van der Waals surface area contributed by atoms with Crippen molar-refractivity contribution in [1.29, 1.82) is 0 Å². The van der Waals surface area contributed by atoms with E-state index >= 15 is 0 Å². The molecule has 0 rings (SSSR count). The van der Waals surface area contributed by atoms with Gasteiger partial charge < -0.3 is 10.9 Å². The van der Waals surface area contributed by atoms with Crippen LogP contribution in [0.5, 0.6) is 0 Å². The predicted molar refractivity (Wildman–Crippen MR) is 68.9 cm³/mol. The van der Waals surface area contributed by atoms with E-state index < -0.39 is 0 Å². The molecule has 0 spiro atoms. The van der Waals surface area contributed by atoms with E-state index in [0.717, 1.165) is 19.5 Å². The second-order valence-corrected chi connectivity index (χ2v) is 4.19. The molecule has 0 fully saturated rings. The zero-order valence-electron chi connectivity index (χ0n) is 10.9. The van der Waals surface area contributed by atoms with Crippen LogP contribution >= 0.6 is 0 Å². The van der Waals surface area contributed by atoms with Crippen molar-refractivity contribution in [2.45, 2.75) is 58.9 Å². The van der Waals surface area contributed by atoms with Gasteiger partial charge in [-0.2, -0.15) is 0 Å². The summed E-state index contributed by atoms with van der Waals surface area (Å²) >= 11 is 0. The van der Waals surface area contributed by atoms with Gasteiger partial charge in [0.15, 0.2) is 5.84 Å². The molecule has 0 aromatic heterocycles. The van der Waals surface area contributed by atoms with Crippen LogP contribution in [0.25, 0.3) is 0 Å². The van der Waals surface area contributed by atoms with Crippen molar-refractivity contribution >= 4 is 5.84 Å². The SMILES string of the molecule is CCCCN(CCCC)C(CC)C(N)=NO. The number of hydrogen-bond acceptors (Lipinski definition) is 3. The van der Waals surface area contributed by atoms with Crippen molar-refractivity contribution < 1.29 is 5.21 Å². The molecule has 16 heavy (non-hydrogen) atoms. The lowest BCUT2D eigenvalue weighted by molar-refractivity contribution is 0.221. The highest BCUT2D eigenvalue weighted by Gasteiger charge is 2.19. The molecule has 0 amide bonds. The molecule has 4 heteroatoms. The maximum absolute atomic E-state index is 8.77. The molecular weight excluding hydrogens is 202 g/mol. The number of oxime groups is 1. The standard InChI is InChI=1S/C12H27N3O/c1-4-7-9-15(10-8-5-2)11(6-3)12(13)14-16/h11,16H,4-10H2,1-3H3,(H2,13,14). The Hall–Kier alpha value is -0.770. The van der Waals surface area contributed by atoms with Crippen LogP contribution < -0.4 is 5.73 Å². The third kappa shape index (κ3) is 5.35. The number of unbranched alkanes of at least 4 members (excludes halogenated alkanes) is 2. The van der Waals surface area contributed by atoms with E-state index in [1.807, 2.05) is 0 Å². The zero-order valence-corrected chi connectivity index (χ0v) is 10.9. The van der Waals surface area contributed by atoms with Gasteiger partial charge in [0.2, 0.25) is 0 Å². The summed E-state index contributed by atoms with van der Waals surface area (Å²) in [5.41, 5.74) is 5.73. The maximum Gasteiger partial charge on any atom is 0.156 e. The van der Waals surface area contributed by atoms with Crippen LogP contribution in [0.4, 0.5) is 0 Å². The Bertz CT molecular complexity index is 187. The fourth-order valence-corrected chi connectivity index (χ4v) is 1.87. The van der Waals surface area contributed by atoms with Crippen molar-refractivity contribution in [2.24, 2.45) is 10.9 Å². The van der Waals surface area contributed by atoms with Gasteiger partial charge in [-0.15, -0.1) is 0 Å². The topological polar surface area (TPSA) is 61.8 Å². The third-order valence-electron chi connectivity index (χ3n) is 2.88. The molecule has 0 saturated heterocycles. The van der Waals surface area contributed by atoms with Crippen molar-refractivity contribution in [3.05, 3.63) is 0 Å². The molecule has 0 aliphatic heterocycles. The summed E-state index contributed by atoms with van der Waals surface area (Å²) in [4.78, 5) is 2.34. The van der Waals surface area contributed by atoms with Crippen LogP contribution in [0.2, 0.25) is 0 Å². The first kappa shape index (κ1) is 15.2. The van der Waals surface area contributed by atoms with Gasteiger partial charge in [0.1, 0.15) is 0 Å². The van der Waals surface area contributed by atoms with Crippen LogP contribution in [0.3, 0.4) is 0 Å². The van der Waals surface area contributed by atoms with Gasteiger partial charge in [0.05, 0.1) is 6.04 Å². The molecule has 1 unspecified atom stereocenters. The molecule has 0 bridgehead atoms. The minimum Gasteiger partial charge on any atom is -0.409 e. The van der Waals surface area contributed by atoms with Crippen LogP contribution in [0, 0.1) is 0 Å². The number of nitrogens with two attached hydrogens (primary N) is 1. The van der Waals surface area contributed by atoms with E-state index in [1.54, 1.807) is 0 Å². The summed E-state index contributed by atoms with van der Waals surface area (Å²) in [6.07, 6.45) is 5.58. The van der Waals surface area contributed by atoms with Crippen LogP contribution in [-0.4, -0.2) is 35.1 Å². The number of rotatable bonds is 9. The van der Waals surface area contributed by atoms with Gasteiger partial charge in [-0.3, -0.25) is 4.90 Å². The second-order valence-electron chi connectivity index (χ2n) is 4.19. The molecule has 0 aliphatic carbocycles. The summed E-state index contributed by atoms with van der Waals surface area (Å²) < 4.78 is 0. The van der Waals surface area contributed by atoms with Crippen LogP contribution in [0.15, 0.2) is 5.16 Å². The maximum atomic E-state index is 8.77. The number of amidine groups is 1. The predicted octanol–water partition coefficient (Wildman–Crippen LogP) is 2.41. The highest BCUT2D eigenvalue weighted by molar-refractivity contribution is 5.85. The van der Waals surface area contributed by atoms with E-state index in [0.29, 0.717) is 5.84 Å². The molecule has 0 saturated carbocycles. The fraction of sp³-hybridized carbons (Fsp3) is 0.917. The number of hydrogen-bond donors (Lipinski definition) is 2. The molecule has 1 atom stereocenters. The van der Waals surface area contributed by atoms with Gasteiger partial charge in [0.25, 0.3) is 0 Å². The van der Waals surface area contributed by atoms with E-state index in [-0.39, 0.29) is 6.04 Å². The lowest BCUT2D eigenvalue weighted by Crippen LogP contribution is -2.45. The molecule has 0 heterocycles. The zero-order chi connectivity index (χ0) is 12.4. The minimum atomic E-state index is 0.0862. The average Bonchev–Trinajstić information content (AvgIpc) is 2.32. The highest BCUT2D eigenvalue weighted by atomic mass is 16.4. The fourth-order valence-electron chi connectivity index (χ4n) is 1.87. The monoisotopic (exact) mass is 229 g/mol. The van der Waals surface area contributed by atoms with E-state index in [4.69, 9.17) is 10.9 Å². The molecule has 4 nitrogen and oxygen atoms in total. The summed E-state index contributed by atoms with van der Waals surface area (Å²) in [5.74, 6) is 0.342. The minimum absolute atomic E-state index is 0.0862. The van der Waals surface area contributed by atoms with Gasteiger partial charge in [-0.05, 0) is 32.4 Å². The first-order valence-corrected chi connectivity index (χ1v) is 6.42. The highest BCUT2D eigenvalue weighted by Crippen LogP contribution is 2.08. The van der Waals surface area contributed by atoms with Crippen molar-refractivity contribution in [3.8, 4) is 0 Å². The van der Waals surface area contributed by atoms with Crippen molar-refractivity contribution in [3.63, 3.8) is 0 Å². The van der Waals surface area contributed by atoms with E-state index in [9.17, 15) is 0 Å².